The van der Waals surface area contributed by atoms with Gasteiger partial charge in [-0.3, -0.25) is 0 Å². The van der Waals surface area contributed by atoms with Crippen LogP contribution in [0, 0.1) is 11.3 Å². The zero-order valence-electron chi connectivity index (χ0n) is 13.0. The molecule has 0 bridgehead atoms. The van der Waals surface area contributed by atoms with E-state index >= 15 is 0 Å². The van der Waals surface area contributed by atoms with Gasteiger partial charge in [0.1, 0.15) is 0 Å². The van der Waals surface area contributed by atoms with E-state index in [-0.39, 0.29) is 16.8 Å². The van der Waals surface area contributed by atoms with Gasteiger partial charge in [0.15, 0.2) is 9.84 Å². The van der Waals surface area contributed by atoms with Crippen molar-refractivity contribution < 1.29 is 13.2 Å². The lowest BCUT2D eigenvalue weighted by Gasteiger charge is -2.35. The average Bonchev–Trinajstić information content (AvgIpc) is 3.15. The number of nitrogens with one attached hydrogen (secondary N) is 1. The highest BCUT2D eigenvalue weighted by Crippen LogP contribution is 2.49. The molecule has 0 aromatic heterocycles. The van der Waals surface area contributed by atoms with Crippen molar-refractivity contribution in [2.45, 2.75) is 57.8 Å². The molecule has 5 heteroatoms. The highest BCUT2D eigenvalue weighted by molar-refractivity contribution is 7.91. The molecule has 20 heavy (non-hydrogen) atoms. The SMILES string of the molecule is CCNCC1(CCS(=O)(=O)C(C)C)CCOC1C1CC1. The number of hydrogen-bond donors (Lipinski definition) is 1. The van der Waals surface area contributed by atoms with Gasteiger partial charge in [0, 0.05) is 18.6 Å². The molecule has 1 aliphatic heterocycles. The molecule has 1 saturated heterocycles. The summed E-state index contributed by atoms with van der Waals surface area (Å²) in [5, 5.41) is 3.16. The predicted octanol–water partition coefficient (Wildman–Crippen LogP) is 1.99. The highest BCUT2D eigenvalue weighted by Gasteiger charge is 2.50. The fourth-order valence-corrected chi connectivity index (χ4v) is 4.41. The molecule has 0 aromatic carbocycles. The van der Waals surface area contributed by atoms with E-state index in [0.717, 1.165) is 32.5 Å². The van der Waals surface area contributed by atoms with Gasteiger partial charge in [-0.05, 0) is 52.0 Å². The third kappa shape index (κ3) is 3.55. The van der Waals surface area contributed by atoms with Crippen LogP contribution in [0.5, 0.6) is 0 Å². The van der Waals surface area contributed by atoms with Crippen LogP contribution in [0.25, 0.3) is 0 Å². The van der Waals surface area contributed by atoms with Crippen molar-refractivity contribution in [2.75, 3.05) is 25.4 Å². The van der Waals surface area contributed by atoms with Crippen molar-refractivity contribution in [1.82, 2.24) is 5.32 Å². The van der Waals surface area contributed by atoms with Gasteiger partial charge in [-0.15, -0.1) is 0 Å². The van der Waals surface area contributed by atoms with Crippen molar-refractivity contribution in [1.29, 1.82) is 0 Å². The van der Waals surface area contributed by atoms with E-state index in [1.54, 1.807) is 13.8 Å². The lowest BCUT2D eigenvalue weighted by molar-refractivity contribution is 0.0294. The summed E-state index contributed by atoms with van der Waals surface area (Å²) in [5.74, 6) is 0.959. The Hall–Kier alpha value is -0.130. The second-order valence-electron chi connectivity index (χ2n) is 6.69. The molecule has 0 spiro atoms. The summed E-state index contributed by atoms with van der Waals surface area (Å²) in [7, 11) is -2.96. The van der Waals surface area contributed by atoms with E-state index < -0.39 is 9.84 Å². The van der Waals surface area contributed by atoms with E-state index in [4.69, 9.17) is 4.74 Å². The topological polar surface area (TPSA) is 55.4 Å². The van der Waals surface area contributed by atoms with Crippen molar-refractivity contribution in [3.8, 4) is 0 Å². The summed E-state index contributed by atoms with van der Waals surface area (Å²) in [6.07, 6.45) is 4.49. The number of hydrogen-bond acceptors (Lipinski definition) is 4. The molecular weight excluding hydrogens is 274 g/mol. The molecule has 0 amide bonds. The fraction of sp³-hybridized carbons (Fsp3) is 1.00. The van der Waals surface area contributed by atoms with Crippen LogP contribution >= 0.6 is 0 Å². The van der Waals surface area contributed by atoms with Gasteiger partial charge >= 0.3 is 0 Å². The normalized spacial score (nSPS) is 31.1. The first kappa shape index (κ1) is 16.2. The van der Waals surface area contributed by atoms with Crippen molar-refractivity contribution in [3.63, 3.8) is 0 Å². The molecule has 2 aliphatic rings. The third-order valence-electron chi connectivity index (χ3n) is 4.88. The third-order valence-corrected chi connectivity index (χ3v) is 7.09. The van der Waals surface area contributed by atoms with Gasteiger partial charge in [-0.1, -0.05) is 6.92 Å². The molecule has 1 N–H and O–H groups in total. The number of rotatable bonds is 8. The Labute approximate surface area is 123 Å². The first-order valence-corrected chi connectivity index (χ1v) is 9.67. The van der Waals surface area contributed by atoms with E-state index in [1.165, 1.54) is 12.8 Å². The Morgan fingerprint density at radius 2 is 2.05 bits per heavy atom. The summed E-state index contributed by atoms with van der Waals surface area (Å²) >= 11 is 0. The smallest absolute Gasteiger partial charge is 0.152 e. The highest BCUT2D eigenvalue weighted by atomic mass is 32.2. The van der Waals surface area contributed by atoms with Crippen LogP contribution in [0.3, 0.4) is 0 Å². The maximum Gasteiger partial charge on any atom is 0.152 e. The van der Waals surface area contributed by atoms with Gasteiger partial charge in [0.2, 0.25) is 0 Å². The summed E-state index contributed by atoms with van der Waals surface area (Å²) < 4.78 is 30.2. The Bertz CT molecular complexity index is 417. The largest absolute Gasteiger partial charge is 0.377 e. The van der Waals surface area contributed by atoms with Crippen LogP contribution < -0.4 is 5.32 Å². The standard InChI is InChI=1S/C15H29NO3S/c1-4-16-11-15(8-10-20(17,18)12(2)3)7-9-19-14(15)13-5-6-13/h12-14,16H,4-11H2,1-3H3. The second-order valence-corrected chi connectivity index (χ2v) is 9.36. The first-order valence-electron chi connectivity index (χ1n) is 7.95. The predicted molar refractivity (Wildman–Crippen MR) is 81.6 cm³/mol. The van der Waals surface area contributed by atoms with E-state index in [0.29, 0.717) is 11.7 Å². The molecule has 2 atom stereocenters. The zero-order valence-corrected chi connectivity index (χ0v) is 13.8. The summed E-state index contributed by atoms with van der Waals surface area (Å²) in [5.41, 5.74) is 0.0269. The van der Waals surface area contributed by atoms with Crippen molar-refractivity contribution in [3.05, 3.63) is 0 Å². The fourth-order valence-electron chi connectivity index (χ4n) is 3.24. The van der Waals surface area contributed by atoms with Gasteiger partial charge in [-0.2, -0.15) is 0 Å². The molecule has 4 nitrogen and oxygen atoms in total. The molecule has 118 valence electrons. The molecule has 1 heterocycles. The Morgan fingerprint density at radius 3 is 2.60 bits per heavy atom. The molecule has 1 aliphatic carbocycles. The van der Waals surface area contributed by atoms with Gasteiger partial charge in [0.25, 0.3) is 0 Å². The monoisotopic (exact) mass is 303 g/mol. The Kier molecular flexibility index (Phi) is 5.14. The lowest BCUT2D eigenvalue weighted by Crippen LogP contribution is -2.43. The number of sulfone groups is 1. The van der Waals surface area contributed by atoms with Crippen LogP contribution in [-0.4, -0.2) is 45.2 Å². The van der Waals surface area contributed by atoms with Crippen LogP contribution in [0.2, 0.25) is 0 Å². The molecule has 0 radical (unpaired) electrons. The minimum atomic E-state index is -2.96. The molecule has 2 fully saturated rings. The summed E-state index contributed by atoms with van der Waals surface area (Å²) in [6, 6.07) is 0. The van der Waals surface area contributed by atoms with Crippen LogP contribution in [0.4, 0.5) is 0 Å². The molecular formula is C15H29NO3S. The van der Waals surface area contributed by atoms with E-state index in [2.05, 4.69) is 12.2 Å². The summed E-state index contributed by atoms with van der Waals surface area (Å²) in [6.45, 7) is 8.24. The average molecular weight is 303 g/mol. The summed E-state index contributed by atoms with van der Waals surface area (Å²) in [4.78, 5) is 0. The molecule has 1 saturated carbocycles. The molecule has 2 unspecified atom stereocenters. The minimum absolute atomic E-state index is 0.0269. The van der Waals surface area contributed by atoms with Gasteiger partial charge in [-0.25, -0.2) is 8.42 Å². The van der Waals surface area contributed by atoms with E-state index in [9.17, 15) is 8.42 Å². The van der Waals surface area contributed by atoms with E-state index in [1.807, 2.05) is 0 Å². The van der Waals surface area contributed by atoms with Crippen molar-refractivity contribution in [2.24, 2.45) is 11.3 Å². The van der Waals surface area contributed by atoms with Crippen LogP contribution in [0.1, 0.15) is 46.5 Å². The first-order chi connectivity index (χ1) is 9.41. The van der Waals surface area contributed by atoms with Crippen LogP contribution in [-0.2, 0) is 14.6 Å². The lowest BCUT2D eigenvalue weighted by atomic mass is 9.76. The van der Waals surface area contributed by atoms with Gasteiger partial charge in [0.05, 0.1) is 17.1 Å². The molecule has 0 aromatic rings. The van der Waals surface area contributed by atoms with Gasteiger partial charge < -0.3 is 10.1 Å². The number of ether oxygens (including phenoxy) is 1. The second kappa shape index (κ2) is 6.32. The quantitative estimate of drug-likeness (QED) is 0.745. The van der Waals surface area contributed by atoms with Crippen molar-refractivity contribution >= 4 is 9.84 Å². The maximum absolute atomic E-state index is 12.1. The molecule has 2 rings (SSSR count). The minimum Gasteiger partial charge on any atom is -0.377 e. The zero-order chi connectivity index (χ0) is 14.8. The Balaban J connectivity index is 2.07. The van der Waals surface area contributed by atoms with Crippen LogP contribution in [0.15, 0.2) is 0 Å². The maximum atomic E-state index is 12.1. The Morgan fingerprint density at radius 1 is 1.35 bits per heavy atom.